The third-order valence-electron chi connectivity index (χ3n) is 2.56. The van der Waals surface area contributed by atoms with E-state index in [2.05, 4.69) is 23.2 Å². The number of rotatable bonds is 3. The minimum Gasteiger partial charge on any atom is -0.492 e. The van der Waals surface area contributed by atoms with Crippen LogP contribution in [0.25, 0.3) is 0 Å². The quantitative estimate of drug-likeness (QED) is 0.637. The molecule has 0 unspecified atom stereocenters. The van der Waals surface area contributed by atoms with Crippen LogP contribution in [0.5, 0.6) is 11.5 Å². The van der Waals surface area contributed by atoms with Crippen LogP contribution >= 0.6 is 0 Å². The Bertz CT molecular complexity index is 432. The Kier molecular flexibility index (Phi) is 4.29. The summed E-state index contributed by atoms with van der Waals surface area (Å²) in [6.07, 6.45) is 0.760. The van der Waals surface area contributed by atoms with E-state index < -0.39 is 0 Å². The third kappa shape index (κ3) is 3.40. The molecule has 3 nitrogen and oxygen atoms in total. The number of ether oxygens (including phenoxy) is 2. The van der Waals surface area contributed by atoms with E-state index in [-0.39, 0.29) is 0 Å². The highest BCUT2D eigenvalue weighted by Crippen LogP contribution is 2.26. The maximum absolute atomic E-state index is 5.65. The molecule has 90 valence electrons. The molecule has 0 saturated carbocycles. The van der Waals surface area contributed by atoms with Crippen LogP contribution in [0.4, 0.5) is 0 Å². The summed E-state index contributed by atoms with van der Waals surface area (Å²) in [7, 11) is 0. The molecule has 2 rings (SSSR count). The van der Waals surface area contributed by atoms with Crippen LogP contribution in [0.2, 0.25) is 0 Å². The molecule has 1 aromatic rings. The van der Waals surface area contributed by atoms with Crippen LogP contribution in [-0.4, -0.2) is 19.8 Å². The Morgan fingerprint density at radius 2 is 2.41 bits per heavy atom. The summed E-state index contributed by atoms with van der Waals surface area (Å²) in [6.45, 7) is 4.91. The summed E-state index contributed by atoms with van der Waals surface area (Å²) in [5, 5.41) is 3.30. The third-order valence-corrected chi connectivity index (χ3v) is 2.56. The van der Waals surface area contributed by atoms with Crippen molar-refractivity contribution in [1.82, 2.24) is 5.32 Å². The van der Waals surface area contributed by atoms with Crippen molar-refractivity contribution < 1.29 is 9.47 Å². The van der Waals surface area contributed by atoms with E-state index in [0.717, 1.165) is 31.0 Å². The van der Waals surface area contributed by atoms with Gasteiger partial charge in [-0.15, -0.1) is 11.8 Å². The largest absolute Gasteiger partial charge is 0.492 e. The summed E-state index contributed by atoms with van der Waals surface area (Å²) in [4.78, 5) is 0. The van der Waals surface area contributed by atoms with Gasteiger partial charge in [0.2, 0.25) is 0 Å². The summed E-state index contributed by atoms with van der Waals surface area (Å²) >= 11 is 0. The van der Waals surface area contributed by atoms with Crippen LogP contribution in [0, 0.1) is 11.8 Å². The Labute approximate surface area is 102 Å². The second-order valence-electron chi connectivity index (χ2n) is 3.82. The van der Waals surface area contributed by atoms with E-state index in [1.807, 2.05) is 19.1 Å². The SMILES string of the molecule is CC#CCCOc1ccc2c(c1)OCCNC2. The molecule has 0 spiro atoms. The fraction of sp³-hybridized carbons (Fsp3) is 0.429. The van der Waals surface area contributed by atoms with Crippen molar-refractivity contribution in [2.24, 2.45) is 0 Å². The molecule has 0 amide bonds. The maximum atomic E-state index is 5.65. The first-order chi connectivity index (χ1) is 8.40. The average Bonchev–Trinajstić information content (AvgIpc) is 2.59. The lowest BCUT2D eigenvalue weighted by Gasteiger charge is -2.09. The minimum atomic E-state index is 0.623. The van der Waals surface area contributed by atoms with Gasteiger partial charge in [-0.3, -0.25) is 0 Å². The molecular formula is C14H17NO2. The summed E-state index contributed by atoms with van der Waals surface area (Å²) in [5.41, 5.74) is 1.18. The lowest BCUT2D eigenvalue weighted by Crippen LogP contribution is -2.16. The highest BCUT2D eigenvalue weighted by atomic mass is 16.5. The average molecular weight is 231 g/mol. The van der Waals surface area contributed by atoms with Gasteiger partial charge < -0.3 is 14.8 Å². The molecule has 0 saturated heterocycles. The molecule has 0 bridgehead atoms. The molecule has 1 heterocycles. The van der Waals surface area contributed by atoms with E-state index in [0.29, 0.717) is 13.2 Å². The second kappa shape index (κ2) is 6.17. The molecular weight excluding hydrogens is 214 g/mol. The van der Waals surface area contributed by atoms with Crippen molar-refractivity contribution in [2.45, 2.75) is 19.9 Å². The molecule has 0 aliphatic carbocycles. The van der Waals surface area contributed by atoms with E-state index in [4.69, 9.17) is 9.47 Å². The molecule has 17 heavy (non-hydrogen) atoms. The van der Waals surface area contributed by atoms with Crippen LogP contribution in [-0.2, 0) is 6.54 Å². The number of fused-ring (bicyclic) bond motifs is 1. The first-order valence-electron chi connectivity index (χ1n) is 5.89. The van der Waals surface area contributed by atoms with Gasteiger partial charge in [0.1, 0.15) is 18.1 Å². The van der Waals surface area contributed by atoms with Crippen LogP contribution < -0.4 is 14.8 Å². The fourth-order valence-corrected chi connectivity index (χ4v) is 1.71. The fourth-order valence-electron chi connectivity index (χ4n) is 1.71. The highest BCUT2D eigenvalue weighted by Gasteiger charge is 2.09. The predicted molar refractivity (Wildman–Crippen MR) is 67.2 cm³/mol. The molecule has 0 fully saturated rings. The second-order valence-corrected chi connectivity index (χ2v) is 3.82. The maximum Gasteiger partial charge on any atom is 0.127 e. The molecule has 0 atom stereocenters. The Morgan fingerprint density at radius 3 is 3.29 bits per heavy atom. The van der Waals surface area contributed by atoms with Gasteiger partial charge in [-0.2, -0.15) is 0 Å². The van der Waals surface area contributed by atoms with Crippen molar-refractivity contribution >= 4 is 0 Å². The van der Waals surface area contributed by atoms with E-state index in [1.165, 1.54) is 5.56 Å². The van der Waals surface area contributed by atoms with Crippen LogP contribution in [0.3, 0.4) is 0 Å². The minimum absolute atomic E-state index is 0.623. The van der Waals surface area contributed by atoms with Gasteiger partial charge in [0, 0.05) is 31.1 Å². The Hall–Kier alpha value is -1.66. The summed E-state index contributed by atoms with van der Waals surface area (Å²) in [6, 6.07) is 5.99. The first-order valence-corrected chi connectivity index (χ1v) is 5.89. The normalized spacial score (nSPS) is 13.7. The zero-order valence-electron chi connectivity index (χ0n) is 10.1. The topological polar surface area (TPSA) is 30.5 Å². The molecule has 1 aliphatic heterocycles. The number of hydrogen-bond donors (Lipinski definition) is 1. The molecule has 1 aliphatic rings. The number of hydrogen-bond acceptors (Lipinski definition) is 3. The van der Waals surface area contributed by atoms with E-state index in [9.17, 15) is 0 Å². The van der Waals surface area contributed by atoms with Crippen molar-refractivity contribution in [3.8, 4) is 23.3 Å². The standard InChI is InChI=1S/C14H17NO2/c1-2-3-4-8-16-13-6-5-12-11-15-7-9-17-14(12)10-13/h5-6,10,15H,4,7-9,11H2,1H3. The molecule has 0 radical (unpaired) electrons. The molecule has 3 heteroatoms. The monoisotopic (exact) mass is 231 g/mol. The van der Waals surface area contributed by atoms with E-state index >= 15 is 0 Å². The van der Waals surface area contributed by atoms with Crippen molar-refractivity contribution in [3.05, 3.63) is 23.8 Å². The summed E-state index contributed by atoms with van der Waals surface area (Å²) < 4.78 is 11.3. The van der Waals surface area contributed by atoms with Crippen molar-refractivity contribution in [3.63, 3.8) is 0 Å². The zero-order valence-corrected chi connectivity index (χ0v) is 10.1. The number of benzene rings is 1. The molecule has 0 aromatic heterocycles. The van der Waals surface area contributed by atoms with Gasteiger partial charge in [0.05, 0.1) is 6.61 Å². The highest BCUT2D eigenvalue weighted by molar-refractivity contribution is 5.41. The first kappa shape index (κ1) is 11.8. The van der Waals surface area contributed by atoms with Gasteiger partial charge in [-0.25, -0.2) is 0 Å². The molecule has 1 N–H and O–H groups in total. The van der Waals surface area contributed by atoms with Gasteiger partial charge in [-0.1, -0.05) is 6.07 Å². The van der Waals surface area contributed by atoms with Crippen LogP contribution in [0.1, 0.15) is 18.9 Å². The zero-order chi connectivity index (χ0) is 11.9. The smallest absolute Gasteiger partial charge is 0.127 e. The molecule has 1 aromatic carbocycles. The van der Waals surface area contributed by atoms with Gasteiger partial charge >= 0.3 is 0 Å². The van der Waals surface area contributed by atoms with Crippen molar-refractivity contribution in [2.75, 3.05) is 19.8 Å². The van der Waals surface area contributed by atoms with Gasteiger partial charge in [0.25, 0.3) is 0 Å². The predicted octanol–water partition coefficient (Wildman–Crippen LogP) is 1.96. The Morgan fingerprint density at radius 1 is 1.47 bits per heavy atom. The lowest BCUT2D eigenvalue weighted by atomic mass is 10.2. The summed E-state index contributed by atoms with van der Waals surface area (Å²) in [5.74, 6) is 7.60. The van der Waals surface area contributed by atoms with E-state index in [1.54, 1.807) is 0 Å². The van der Waals surface area contributed by atoms with Gasteiger partial charge in [0.15, 0.2) is 0 Å². The van der Waals surface area contributed by atoms with Gasteiger partial charge in [-0.05, 0) is 13.0 Å². The Balaban J connectivity index is 1.99. The lowest BCUT2D eigenvalue weighted by molar-refractivity contribution is 0.311. The van der Waals surface area contributed by atoms with Crippen LogP contribution in [0.15, 0.2) is 18.2 Å². The van der Waals surface area contributed by atoms with Crippen molar-refractivity contribution in [1.29, 1.82) is 0 Å². The number of nitrogens with one attached hydrogen (secondary N) is 1.